The first-order chi connectivity index (χ1) is 15.8. The van der Waals surface area contributed by atoms with E-state index >= 15 is 0 Å². The zero-order valence-corrected chi connectivity index (χ0v) is 22.6. The Morgan fingerprint density at radius 1 is 0.647 bits per heavy atom. The normalized spacial score (nSPS) is 25.4. The molecule has 2 aliphatic carbocycles. The van der Waals surface area contributed by atoms with Crippen LogP contribution in [0.3, 0.4) is 0 Å². The monoisotopic (exact) mass is 484 g/mol. The molecule has 6 N–H and O–H groups in total. The van der Waals surface area contributed by atoms with E-state index in [9.17, 15) is 9.59 Å². The van der Waals surface area contributed by atoms with E-state index in [1.54, 1.807) is 0 Å². The van der Waals surface area contributed by atoms with Crippen LogP contribution in [0, 0.1) is 11.8 Å². The van der Waals surface area contributed by atoms with Crippen LogP contribution < -0.4 is 22.1 Å². The molecule has 2 saturated carbocycles. The summed E-state index contributed by atoms with van der Waals surface area (Å²) < 4.78 is 10.5. The van der Waals surface area contributed by atoms with Gasteiger partial charge in [0.1, 0.15) is 11.2 Å². The van der Waals surface area contributed by atoms with Gasteiger partial charge in [0.2, 0.25) is 0 Å². The summed E-state index contributed by atoms with van der Waals surface area (Å²) in [5.74, 6) is 1.49. The number of nitrogens with one attached hydrogen (secondary N) is 2. The lowest BCUT2D eigenvalue weighted by Gasteiger charge is -2.29. The Hall–Kier alpha value is -1.54. The quantitative estimate of drug-likeness (QED) is 0.427. The molecule has 2 fully saturated rings. The Kier molecular flexibility index (Phi) is 13.2. The van der Waals surface area contributed by atoms with Crippen molar-refractivity contribution >= 4 is 12.2 Å². The number of alkyl carbamates (subject to hydrolysis) is 2. The Balaban J connectivity index is 0.000000340. The van der Waals surface area contributed by atoms with Gasteiger partial charge in [0.05, 0.1) is 0 Å². The molecule has 0 aliphatic heterocycles. The highest BCUT2D eigenvalue weighted by molar-refractivity contribution is 5.68. The van der Waals surface area contributed by atoms with Gasteiger partial charge in [0.25, 0.3) is 0 Å². The van der Waals surface area contributed by atoms with E-state index in [1.807, 2.05) is 41.5 Å². The first-order valence-corrected chi connectivity index (χ1v) is 13.2. The van der Waals surface area contributed by atoms with Crippen molar-refractivity contribution in [1.82, 2.24) is 10.6 Å². The summed E-state index contributed by atoms with van der Waals surface area (Å²) in [5, 5.41) is 5.89. The van der Waals surface area contributed by atoms with E-state index in [0.717, 1.165) is 89.1 Å². The number of carbonyl (C=O) groups excluding carboxylic acids is 2. The maximum Gasteiger partial charge on any atom is 0.407 e. The highest BCUT2D eigenvalue weighted by Gasteiger charge is 2.25. The fourth-order valence-corrected chi connectivity index (χ4v) is 4.61. The van der Waals surface area contributed by atoms with Gasteiger partial charge in [-0.05, 0) is 131 Å². The molecule has 0 heterocycles. The lowest BCUT2D eigenvalue weighted by molar-refractivity contribution is 0.0475. The van der Waals surface area contributed by atoms with Crippen molar-refractivity contribution in [2.45, 2.75) is 129 Å². The summed E-state index contributed by atoms with van der Waals surface area (Å²) in [5.41, 5.74) is 10.3. The minimum Gasteiger partial charge on any atom is -0.444 e. The first kappa shape index (κ1) is 30.5. The Bertz CT molecular complexity index is 533. The van der Waals surface area contributed by atoms with Gasteiger partial charge in [-0.2, -0.15) is 0 Å². The predicted octanol–water partition coefficient (Wildman–Crippen LogP) is 4.84. The molecule has 34 heavy (non-hydrogen) atoms. The summed E-state index contributed by atoms with van der Waals surface area (Å²) in [7, 11) is 0. The molecule has 8 nitrogen and oxygen atoms in total. The number of nitrogens with two attached hydrogens (primary N) is 2. The summed E-state index contributed by atoms with van der Waals surface area (Å²) in [6, 6.07) is 0.553. The van der Waals surface area contributed by atoms with Crippen molar-refractivity contribution in [2.24, 2.45) is 23.3 Å². The van der Waals surface area contributed by atoms with Crippen molar-refractivity contribution in [3.63, 3.8) is 0 Å². The van der Waals surface area contributed by atoms with Crippen LogP contribution in [-0.4, -0.2) is 48.6 Å². The second kappa shape index (κ2) is 14.8. The molecule has 0 spiro atoms. The largest absolute Gasteiger partial charge is 0.444 e. The second-order valence-corrected chi connectivity index (χ2v) is 11.9. The molecular weight excluding hydrogens is 432 g/mol. The Morgan fingerprint density at radius 3 is 1.18 bits per heavy atom. The molecule has 8 heteroatoms. The third kappa shape index (κ3) is 14.7. The predicted molar refractivity (Wildman–Crippen MR) is 138 cm³/mol. The molecular formula is C26H52N4O4. The van der Waals surface area contributed by atoms with Crippen LogP contribution in [0.25, 0.3) is 0 Å². The molecule has 0 aromatic carbocycles. The van der Waals surface area contributed by atoms with Crippen LogP contribution in [0.4, 0.5) is 9.59 Å². The third-order valence-electron chi connectivity index (χ3n) is 6.29. The van der Waals surface area contributed by atoms with Crippen LogP contribution in [0.2, 0.25) is 0 Å². The molecule has 2 aliphatic rings. The van der Waals surface area contributed by atoms with Crippen LogP contribution >= 0.6 is 0 Å². The summed E-state index contributed by atoms with van der Waals surface area (Å²) >= 11 is 0. The Labute approximate surface area is 207 Å². The minimum atomic E-state index is -0.416. The van der Waals surface area contributed by atoms with Gasteiger partial charge in [0, 0.05) is 12.1 Å². The number of ether oxygens (including phenoxy) is 2. The van der Waals surface area contributed by atoms with E-state index in [1.165, 1.54) is 0 Å². The molecule has 0 aromatic rings. The summed E-state index contributed by atoms with van der Waals surface area (Å²) in [4.78, 5) is 23.2. The number of hydrogen-bond donors (Lipinski definition) is 4. The average Bonchev–Trinajstić information content (AvgIpc) is 2.69. The van der Waals surface area contributed by atoms with Crippen LogP contribution in [0.15, 0.2) is 0 Å². The molecule has 2 amide bonds. The highest BCUT2D eigenvalue weighted by atomic mass is 16.6. The van der Waals surface area contributed by atoms with Crippen molar-refractivity contribution in [3.8, 4) is 0 Å². The highest BCUT2D eigenvalue weighted by Crippen LogP contribution is 2.27. The summed E-state index contributed by atoms with van der Waals surface area (Å²) in [6.45, 7) is 12.8. The van der Waals surface area contributed by atoms with E-state index in [2.05, 4.69) is 10.6 Å². The van der Waals surface area contributed by atoms with Crippen LogP contribution in [-0.2, 0) is 9.47 Å². The lowest BCUT2D eigenvalue weighted by Crippen LogP contribution is -2.41. The second-order valence-electron chi connectivity index (χ2n) is 11.9. The van der Waals surface area contributed by atoms with E-state index in [4.69, 9.17) is 20.9 Å². The fraction of sp³-hybridized carbons (Fsp3) is 0.923. The topological polar surface area (TPSA) is 129 Å². The number of rotatable bonds is 6. The molecule has 200 valence electrons. The van der Waals surface area contributed by atoms with E-state index in [-0.39, 0.29) is 24.3 Å². The smallest absolute Gasteiger partial charge is 0.407 e. The molecule has 0 unspecified atom stereocenters. The lowest BCUT2D eigenvalue weighted by atomic mass is 9.84. The van der Waals surface area contributed by atoms with Crippen LogP contribution in [0.1, 0.15) is 106 Å². The molecule has 2 rings (SSSR count). The zero-order valence-electron chi connectivity index (χ0n) is 22.6. The maximum absolute atomic E-state index is 11.6. The Morgan fingerprint density at radius 2 is 0.941 bits per heavy atom. The van der Waals surface area contributed by atoms with Gasteiger partial charge in [-0.25, -0.2) is 9.59 Å². The number of hydrogen-bond acceptors (Lipinski definition) is 6. The van der Waals surface area contributed by atoms with Crippen molar-refractivity contribution in [1.29, 1.82) is 0 Å². The molecule has 0 radical (unpaired) electrons. The minimum absolute atomic E-state index is 0.277. The number of amides is 2. The SMILES string of the molecule is CC(C)(C)OC(=O)NC1CCC(CCN)CC1.CC(C)(C)OC(=O)NC1CCC(CCN)CC1. The average molecular weight is 485 g/mol. The van der Waals surface area contributed by atoms with Gasteiger partial charge in [0.15, 0.2) is 0 Å². The standard InChI is InChI=1S/2C13H26N2O2/c2*1-13(2,3)17-12(16)15-11-6-4-10(5-7-11)8-9-14/h2*10-11H,4-9,14H2,1-3H3,(H,15,16). The molecule has 0 atom stereocenters. The van der Waals surface area contributed by atoms with Gasteiger partial charge in [-0.15, -0.1) is 0 Å². The van der Waals surface area contributed by atoms with E-state index in [0.29, 0.717) is 0 Å². The molecule has 0 aromatic heterocycles. The van der Waals surface area contributed by atoms with Gasteiger partial charge < -0.3 is 31.6 Å². The van der Waals surface area contributed by atoms with E-state index < -0.39 is 11.2 Å². The molecule has 0 saturated heterocycles. The van der Waals surface area contributed by atoms with Gasteiger partial charge in [-0.3, -0.25) is 0 Å². The summed E-state index contributed by atoms with van der Waals surface area (Å²) in [6.07, 6.45) is 10.5. The van der Waals surface area contributed by atoms with Crippen molar-refractivity contribution in [2.75, 3.05) is 13.1 Å². The third-order valence-corrected chi connectivity index (χ3v) is 6.29. The molecule has 0 bridgehead atoms. The van der Waals surface area contributed by atoms with Crippen molar-refractivity contribution in [3.05, 3.63) is 0 Å². The first-order valence-electron chi connectivity index (χ1n) is 13.2. The van der Waals surface area contributed by atoms with Crippen LogP contribution in [0.5, 0.6) is 0 Å². The van der Waals surface area contributed by atoms with Gasteiger partial charge >= 0.3 is 12.2 Å². The number of carbonyl (C=O) groups is 2. The maximum atomic E-state index is 11.6. The zero-order chi connectivity index (χ0) is 25.8. The fourth-order valence-electron chi connectivity index (χ4n) is 4.61. The van der Waals surface area contributed by atoms with Crippen molar-refractivity contribution < 1.29 is 19.1 Å². The van der Waals surface area contributed by atoms with Gasteiger partial charge in [-0.1, -0.05) is 0 Å².